The Hall–Kier alpha value is -3.64. The summed E-state index contributed by atoms with van der Waals surface area (Å²) in [7, 11) is 0. The van der Waals surface area contributed by atoms with Crippen molar-refractivity contribution in [3.8, 4) is 5.75 Å². The Morgan fingerprint density at radius 3 is 2.67 bits per heavy atom. The SMILES string of the molecule is CC(=O)n1cc([C@H]2Oc3ccc(Cl)cc3[C@@H]3CC(c4ccc(F)cc4)=NN23)c2ccccc21. The van der Waals surface area contributed by atoms with Crippen LogP contribution in [0.4, 0.5) is 4.39 Å². The molecule has 0 radical (unpaired) electrons. The van der Waals surface area contributed by atoms with E-state index in [2.05, 4.69) is 0 Å². The number of hydrogen-bond acceptors (Lipinski definition) is 4. The molecule has 0 saturated heterocycles. The summed E-state index contributed by atoms with van der Waals surface area (Å²) in [6, 6.07) is 19.6. The van der Waals surface area contributed by atoms with Crippen molar-refractivity contribution in [2.45, 2.75) is 25.6 Å². The van der Waals surface area contributed by atoms with Crippen molar-refractivity contribution in [1.29, 1.82) is 0 Å². The Morgan fingerprint density at radius 2 is 1.88 bits per heavy atom. The molecule has 33 heavy (non-hydrogen) atoms. The number of aromatic nitrogens is 1. The van der Waals surface area contributed by atoms with Crippen LogP contribution < -0.4 is 4.74 Å². The highest BCUT2D eigenvalue weighted by atomic mass is 35.5. The maximum absolute atomic E-state index is 13.5. The lowest BCUT2D eigenvalue weighted by molar-refractivity contribution is -0.0181. The van der Waals surface area contributed by atoms with Gasteiger partial charge in [0.1, 0.15) is 11.6 Å². The first-order chi connectivity index (χ1) is 16.0. The predicted octanol–water partition coefficient (Wildman–Crippen LogP) is 6.34. The Kier molecular flexibility index (Phi) is 4.52. The molecule has 0 saturated carbocycles. The molecule has 6 rings (SSSR count). The van der Waals surface area contributed by atoms with E-state index in [1.165, 1.54) is 12.1 Å². The molecule has 0 fully saturated rings. The van der Waals surface area contributed by atoms with Gasteiger partial charge in [0.15, 0.2) is 0 Å². The molecule has 0 spiro atoms. The van der Waals surface area contributed by atoms with Gasteiger partial charge < -0.3 is 4.74 Å². The first-order valence-corrected chi connectivity index (χ1v) is 11.1. The molecule has 164 valence electrons. The molecular weight excluding hydrogens is 441 g/mol. The standard InChI is InChI=1S/C26H19ClFN3O2/c1-15(32)30-14-21(19-4-2-3-5-23(19)30)26-31-24(20-12-17(27)8-11-25(20)33-26)13-22(29-31)16-6-9-18(28)10-7-16/h2-12,14,24,26H,13H2,1H3/t24-,26+/m0/s1. The zero-order valence-electron chi connectivity index (χ0n) is 17.7. The van der Waals surface area contributed by atoms with Gasteiger partial charge in [-0.05, 0) is 42.0 Å². The van der Waals surface area contributed by atoms with Gasteiger partial charge in [0.2, 0.25) is 12.1 Å². The van der Waals surface area contributed by atoms with Gasteiger partial charge in [-0.1, -0.05) is 41.9 Å². The molecule has 2 atom stereocenters. The van der Waals surface area contributed by atoms with E-state index in [0.717, 1.165) is 39.1 Å². The predicted molar refractivity (Wildman–Crippen MR) is 125 cm³/mol. The van der Waals surface area contributed by atoms with Crippen molar-refractivity contribution in [1.82, 2.24) is 9.58 Å². The second kappa shape index (κ2) is 7.46. The molecular formula is C26H19ClFN3O2. The van der Waals surface area contributed by atoms with Crippen molar-refractivity contribution < 1.29 is 13.9 Å². The van der Waals surface area contributed by atoms with Crippen LogP contribution in [0.1, 0.15) is 47.1 Å². The highest BCUT2D eigenvalue weighted by Gasteiger charge is 2.42. The van der Waals surface area contributed by atoms with Crippen LogP contribution in [0, 0.1) is 5.82 Å². The Morgan fingerprint density at radius 1 is 1.09 bits per heavy atom. The number of hydrazone groups is 1. The summed E-state index contributed by atoms with van der Waals surface area (Å²) in [5.41, 5.74) is 4.34. The van der Waals surface area contributed by atoms with Gasteiger partial charge in [0, 0.05) is 41.1 Å². The van der Waals surface area contributed by atoms with Crippen molar-refractivity contribution >= 4 is 34.1 Å². The fourth-order valence-electron chi connectivity index (χ4n) is 4.74. The number of hydrogen-bond donors (Lipinski definition) is 0. The van der Waals surface area contributed by atoms with Gasteiger partial charge in [-0.2, -0.15) is 5.10 Å². The quantitative estimate of drug-likeness (QED) is 0.351. The molecule has 0 amide bonds. The number of ether oxygens (including phenoxy) is 1. The number of para-hydroxylation sites is 1. The van der Waals surface area contributed by atoms with E-state index < -0.39 is 6.23 Å². The summed E-state index contributed by atoms with van der Waals surface area (Å²) >= 11 is 6.31. The summed E-state index contributed by atoms with van der Waals surface area (Å²) < 4.78 is 21.6. The van der Waals surface area contributed by atoms with E-state index in [-0.39, 0.29) is 17.8 Å². The molecule has 5 nitrogen and oxygen atoms in total. The van der Waals surface area contributed by atoms with Gasteiger partial charge in [0.05, 0.1) is 17.3 Å². The number of benzene rings is 3. The van der Waals surface area contributed by atoms with Crippen molar-refractivity contribution in [2.24, 2.45) is 5.10 Å². The number of halogens is 2. The van der Waals surface area contributed by atoms with Crippen LogP contribution in [-0.2, 0) is 0 Å². The first-order valence-electron chi connectivity index (χ1n) is 10.7. The van der Waals surface area contributed by atoms with E-state index in [1.54, 1.807) is 23.6 Å². The fraction of sp³-hybridized carbons (Fsp3) is 0.154. The van der Waals surface area contributed by atoms with E-state index in [1.807, 2.05) is 53.7 Å². The lowest BCUT2D eigenvalue weighted by atomic mass is 9.96. The second-order valence-electron chi connectivity index (χ2n) is 8.30. The minimum absolute atomic E-state index is 0.0751. The van der Waals surface area contributed by atoms with Crippen LogP contribution in [0.25, 0.3) is 10.9 Å². The topological polar surface area (TPSA) is 46.8 Å². The van der Waals surface area contributed by atoms with E-state index in [9.17, 15) is 9.18 Å². The van der Waals surface area contributed by atoms with Gasteiger partial charge in [0.25, 0.3) is 0 Å². The van der Waals surface area contributed by atoms with Crippen LogP contribution in [0.2, 0.25) is 5.02 Å². The maximum Gasteiger partial charge on any atom is 0.227 e. The zero-order valence-corrected chi connectivity index (χ0v) is 18.5. The smallest absolute Gasteiger partial charge is 0.227 e. The van der Waals surface area contributed by atoms with Gasteiger partial charge in [-0.25, -0.2) is 9.40 Å². The summed E-state index contributed by atoms with van der Waals surface area (Å²) in [4.78, 5) is 12.3. The molecule has 0 unspecified atom stereocenters. The molecule has 2 aliphatic heterocycles. The molecule has 0 bridgehead atoms. The van der Waals surface area contributed by atoms with Crippen molar-refractivity contribution in [3.05, 3.63) is 100 Å². The lowest BCUT2D eigenvalue weighted by Gasteiger charge is -2.38. The molecule has 3 aromatic carbocycles. The summed E-state index contributed by atoms with van der Waals surface area (Å²) in [5.74, 6) is 0.375. The number of rotatable bonds is 2. The van der Waals surface area contributed by atoms with Crippen LogP contribution in [0.15, 0.2) is 78.0 Å². The summed E-state index contributed by atoms with van der Waals surface area (Å²) in [5, 5.41) is 8.41. The summed E-state index contributed by atoms with van der Waals surface area (Å²) in [6.07, 6.45) is 1.93. The molecule has 1 aromatic heterocycles. The minimum Gasteiger partial charge on any atom is -0.464 e. The third-order valence-electron chi connectivity index (χ3n) is 6.28. The molecule has 4 aromatic rings. The van der Waals surface area contributed by atoms with Crippen LogP contribution in [0.5, 0.6) is 5.75 Å². The fourth-order valence-corrected chi connectivity index (χ4v) is 4.92. The number of carbonyl (C=O) groups excluding carboxylic acids is 1. The highest BCUT2D eigenvalue weighted by Crippen LogP contribution is 2.49. The molecule has 2 aliphatic rings. The summed E-state index contributed by atoms with van der Waals surface area (Å²) in [6.45, 7) is 1.54. The van der Waals surface area contributed by atoms with Crippen molar-refractivity contribution in [2.75, 3.05) is 0 Å². The van der Waals surface area contributed by atoms with Crippen LogP contribution >= 0.6 is 11.6 Å². The van der Waals surface area contributed by atoms with Crippen LogP contribution in [-0.4, -0.2) is 21.2 Å². The first kappa shape index (κ1) is 20.0. The van der Waals surface area contributed by atoms with Gasteiger partial charge >= 0.3 is 0 Å². The van der Waals surface area contributed by atoms with E-state index in [0.29, 0.717) is 11.4 Å². The Balaban J connectivity index is 1.52. The van der Waals surface area contributed by atoms with Crippen LogP contribution in [0.3, 0.4) is 0 Å². The monoisotopic (exact) mass is 459 g/mol. The number of nitrogens with zero attached hydrogens (tertiary/aromatic N) is 3. The third kappa shape index (κ3) is 3.21. The molecule has 0 aliphatic carbocycles. The zero-order chi connectivity index (χ0) is 22.7. The van der Waals surface area contributed by atoms with Gasteiger partial charge in [-0.3, -0.25) is 9.36 Å². The number of fused-ring (bicyclic) bond motifs is 4. The number of carbonyl (C=O) groups is 1. The van der Waals surface area contributed by atoms with E-state index >= 15 is 0 Å². The lowest BCUT2D eigenvalue weighted by Crippen LogP contribution is -2.33. The van der Waals surface area contributed by atoms with Gasteiger partial charge in [-0.15, -0.1) is 0 Å². The highest BCUT2D eigenvalue weighted by molar-refractivity contribution is 6.30. The molecule has 3 heterocycles. The third-order valence-corrected chi connectivity index (χ3v) is 6.51. The Bertz CT molecular complexity index is 1440. The Labute approximate surface area is 194 Å². The molecule has 7 heteroatoms. The average Bonchev–Trinajstić information content (AvgIpc) is 3.42. The molecule has 0 N–H and O–H groups in total. The minimum atomic E-state index is -0.535. The van der Waals surface area contributed by atoms with Crippen molar-refractivity contribution in [3.63, 3.8) is 0 Å². The normalized spacial score (nSPS) is 19.1. The largest absolute Gasteiger partial charge is 0.464 e. The van der Waals surface area contributed by atoms with E-state index in [4.69, 9.17) is 21.4 Å². The maximum atomic E-state index is 13.5. The average molecular weight is 460 g/mol. The second-order valence-corrected chi connectivity index (χ2v) is 8.73.